The Labute approximate surface area is 92.1 Å². The van der Waals surface area contributed by atoms with Crippen molar-refractivity contribution in [1.82, 2.24) is 4.98 Å². The smallest absolute Gasteiger partial charge is 0.0322 e. The van der Waals surface area contributed by atoms with Gasteiger partial charge >= 0.3 is 0 Å². The van der Waals surface area contributed by atoms with Crippen LogP contribution < -0.4 is 0 Å². The van der Waals surface area contributed by atoms with Crippen molar-refractivity contribution in [3.63, 3.8) is 0 Å². The van der Waals surface area contributed by atoms with E-state index in [0.29, 0.717) is 0 Å². The molecule has 0 amide bonds. The standard InChI is InChI=1S/C12H8N.Ni/c1-3-7-11-9(5-1)10-6-2-4-8-12(10)13-11;/h1-7,13H;/q-1;. The summed E-state index contributed by atoms with van der Waals surface area (Å²) in [6.07, 6.45) is 0. The molecule has 14 heavy (non-hydrogen) atoms. The van der Waals surface area contributed by atoms with Gasteiger partial charge in [0.1, 0.15) is 0 Å². The van der Waals surface area contributed by atoms with Gasteiger partial charge in [0.05, 0.1) is 0 Å². The van der Waals surface area contributed by atoms with Crippen LogP contribution in [0.5, 0.6) is 0 Å². The summed E-state index contributed by atoms with van der Waals surface area (Å²) in [6, 6.07) is 17.6. The van der Waals surface area contributed by atoms with Crippen molar-refractivity contribution >= 4 is 21.8 Å². The molecule has 1 aromatic heterocycles. The van der Waals surface area contributed by atoms with Crippen LogP contribution in [-0.4, -0.2) is 4.98 Å². The van der Waals surface area contributed by atoms with Crippen molar-refractivity contribution in [3.8, 4) is 0 Å². The van der Waals surface area contributed by atoms with E-state index in [9.17, 15) is 0 Å². The summed E-state index contributed by atoms with van der Waals surface area (Å²) in [6.45, 7) is 0. The first-order valence-corrected chi connectivity index (χ1v) is 4.32. The Kier molecular flexibility index (Phi) is 2.30. The molecule has 2 heteroatoms. The average molecular weight is 225 g/mol. The third kappa shape index (κ3) is 1.23. The fourth-order valence-electron chi connectivity index (χ4n) is 1.73. The van der Waals surface area contributed by atoms with E-state index in [-0.39, 0.29) is 16.5 Å². The molecule has 0 saturated heterocycles. The van der Waals surface area contributed by atoms with Crippen LogP contribution in [0.3, 0.4) is 0 Å². The van der Waals surface area contributed by atoms with Crippen molar-refractivity contribution in [1.29, 1.82) is 0 Å². The summed E-state index contributed by atoms with van der Waals surface area (Å²) >= 11 is 0. The van der Waals surface area contributed by atoms with Gasteiger partial charge in [0.25, 0.3) is 0 Å². The third-order valence-corrected chi connectivity index (χ3v) is 2.33. The van der Waals surface area contributed by atoms with Crippen molar-refractivity contribution in [2.24, 2.45) is 0 Å². The van der Waals surface area contributed by atoms with Crippen LogP contribution in [-0.2, 0) is 16.5 Å². The molecular formula is C12H8NNi-. The van der Waals surface area contributed by atoms with E-state index in [2.05, 4.69) is 35.3 Å². The van der Waals surface area contributed by atoms with Crippen LogP contribution in [0.1, 0.15) is 0 Å². The molecule has 0 unspecified atom stereocenters. The Morgan fingerprint density at radius 2 is 1.71 bits per heavy atom. The molecule has 0 atom stereocenters. The summed E-state index contributed by atoms with van der Waals surface area (Å²) in [5.74, 6) is 0. The molecule has 1 heterocycles. The Bertz CT molecular complexity index is 518. The number of fused-ring (bicyclic) bond motifs is 3. The van der Waals surface area contributed by atoms with Gasteiger partial charge in [-0.1, -0.05) is 23.7 Å². The molecule has 1 N–H and O–H groups in total. The summed E-state index contributed by atoms with van der Waals surface area (Å²) < 4.78 is 0. The van der Waals surface area contributed by atoms with Gasteiger partial charge in [-0.2, -0.15) is 24.3 Å². The zero-order chi connectivity index (χ0) is 8.67. The van der Waals surface area contributed by atoms with Gasteiger partial charge in [-0.25, -0.2) is 0 Å². The van der Waals surface area contributed by atoms with Gasteiger partial charge in [-0.3, -0.25) is 0 Å². The number of aromatic amines is 1. The molecule has 0 aliphatic carbocycles. The Morgan fingerprint density at radius 3 is 2.64 bits per heavy atom. The first kappa shape index (κ1) is 9.29. The minimum atomic E-state index is 0. The minimum Gasteiger partial charge on any atom is -0.378 e. The van der Waals surface area contributed by atoms with E-state index < -0.39 is 0 Å². The predicted octanol–water partition coefficient (Wildman–Crippen LogP) is 3.12. The first-order chi connectivity index (χ1) is 6.45. The molecule has 3 aromatic rings. The number of nitrogens with one attached hydrogen (secondary N) is 1. The Balaban J connectivity index is 0.000000750. The number of benzene rings is 2. The average Bonchev–Trinajstić information content (AvgIpc) is 2.56. The predicted molar refractivity (Wildman–Crippen MR) is 54.6 cm³/mol. The maximum Gasteiger partial charge on any atom is 0.0322 e. The first-order valence-electron chi connectivity index (χ1n) is 4.32. The van der Waals surface area contributed by atoms with Crippen molar-refractivity contribution in [3.05, 3.63) is 48.5 Å². The number of H-pyrrole nitrogens is 1. The quantitative estimate of drug-likeness (QED) is 0.446. The largest absolute Gasteiger partial charge is 0.378 e. The van der Waals surface area contributed by atoms with Crippen LogP contribution in [0.4, 0.5) is 0 Å². The van der Waals surface area contributed by atoms with E-state index in [1.54, 1.807) is 0 Å². The van der Waals surface area contributed by atoms with Crippen LogP contribution in [0.25, 0.3) is 21.8 Å². The number of hydrogen-bond donors (Lipinski definition) is 1. The molecule has 2 aromatic carbocycles. The third-order valence-electron chi connectivity index (χ3n) is 2.33. The number of rotatable bonds is 0. The molecule has 0 saturated carbocycles. The molecule has 0 aliphatic rings. The van der Waals surface area contributed by atoms with Gasteiger partial charge in [-0.05, 0) is 11.5 Å². The monoisotopic (exact) mass is 224 g/mol. The molecule has 72 valence electrons. The van der Waals surface area contributed by atoms with Crippen LogP contribution >= 0.6 is 0 Å². The van der Waals surface area contributed by atoms with E-state index in [1.807, 2.05) is 18.2 Å². The fraction of sp³-hybridized carbons (Fsp3) is 0. The molecule has 0 radical (unpaired) electrons. The van der Waals surface area contributed by atoms with E-state index in [4.69, 9.17) is 0 Å². The molecule has 1 nitrogen and oxygen atoms in total. The molecular weight excluding hydrogens is 217 g/mol. The molecule has 0 spiro atoms. The Hall–Kier alpha value is -1.27. The SMILES string of the molecule is [Ni].[c-]1cccc2c1[nH]c1ccccc12. The minimum absolute atomic E-state index is 0. The Morgan fingerprint density at radius 1 is 0.929 bits per heavy atom. The maximum atomic E-state index is 3.32. The number of para-hydroxylation sites is 2. The van der Waals surface area contributed by atoms with Crippen molar-refractivity contribution < 1.29 is 16.5 Å². The van der Waals surface area contributed by atoms with Gasteiger partial charge in [0.2, 0.25) is 0 Å². The zero-order valence-corrected chi connectivity index (χ0v) is 8.35. The second-order valence-electron chi connectivity index (χ2n) is 3.13. The van der Waals surface area contributed by atoms with Crippen molar-refractivity contribution in [2.45, 2.75) is 0 Å². The number of aromatic nitrogens is 1. The van der Waals surface area contributed by atoms with Gasteiger partial charge in [0.15, 0.2) is 0 Å². The van der Waals surface area contributed by atoms with Crippen molar-refractivity contribution in [2.75, 3.05) is 0 Å². The van der Waals surface area contributed by atoms with Gasteiger partial charge < -0.3 is 4.98 Å². The van der Waals surface area contributed by atoms with Gasteiger partial charge in [0, 0.05) is 22.0 Å². The van der Waals surface area contributed by atoms with Crippen LogP contribution in [0.2, 0.25) is 0 Å². The topological polar surface area (TPSA) is 15.8 Å². The normalized spacial score (nSPS) is 10.3. The molecule has 3 rings (SSSR count). The van der Waals surface area contributed by atoms with Crippen LogP contribution in [0.15, 0.2) is 42.5 Å². The zero-order valence-electron chi connectivity index (χ0n) is 7.36. The maximum absolute atomic E-state index is 3.32. The summed E-state index contributed by atoms with van der Waals surface area (Å²) in [7, 11) is 0. The second kappa shape index (κ2) is 3.47. The molecule has 0 aliphatic heterocycles. The van der Waals surface area contributed by atoms with E-state index in [1.165, 1.54) is 16.3 Å². The number of hydrogen-bond acceptors (Lipinski definition) is 0. The second-order valence-corrected chi connectivity index (χ2v) is 3.13. The van der Waals surface area contributed by atoms with Crippen LogP contribution in [0, 0.1) is 6.07 Å². The summed E-state index contributed by atoms with van der Waals surface area (Å²) in [4.78, 5) is 3.32. The van der Waals surface area contributed by atoms with E-state index in [0.717, 1.165) is 5.52 Å². The summed E-state index contributed by atoms with van der Waals surface area (Å²) in [5, 5.41) is 2.52. The fourth-order valence-corrected chi connectivity index (χ4v) is 1.73. The van der Waals surface area contributed by atoms with E-state index >= 15 is 0 Å². The summed E-state index contributed by atoms with van der Waals surface area (Å²) in [5.41, 5.74) is 2.27. The molecule has 0 fully saturated rings. The van der Waals surface area contributed by atoms with Gasteiger partial charge in [-0.15, -0.1) is 5.39 Å². The molecule has 0 bridgehead atoms.